The second-order valence-corrected chi connectivity index (χ2v) is 8.35. The number of furan rings is 1. The normalized spacial score (nSPS) is 11.1. The Kier molecular flexibility index (Phi) is 6.72. The Balaban J connectivity index is 1.84. The lowest BCUT2D eigenvalue weighted by Crippen LogP contribution is -2.13. The van der Waals surface area contributed by atoms with E-state index < -0.39 is 0 Å². The Morgan fingerprint density at radius 2 is 2.04 bits per heavy atom. The van der Waals surface area contributed by atoms with Crippen LogP contribution in [0.2, 0.25) is 0 Å². The van der Waals surface area contributed by atoms with Crippen molar-refractivity contribution in [3.8, 4) is 11.8 Å². The van der Waals surface area contributed by atoms with Gasteiger partial charge in [-0.05, 0) is 59.3 Å². The van der Waals surface area contributed by atoms with Gasteiger partial charge in [0.25, 0.3) is 0 Å². The molecule has 0 saturated heterocycles. The molecule has 0 radical (unpaired) electrons. The molecular weight excluding hydrogens is 408 g/mol. The fourth-order valence-corrected chi connectivity index (χ4v) is 3.03. The van der Waals surface area contributed by atoms with Crippen LogP contribution in [0.3, 0.4) is 0 Å². The van der Waals surface area contributed by atoms with Gasteiger partial charge in [-0.15, -0.1) is 0 Å². The van der Waals surface area contributed by atoms with Crippen LogP contribution < -0.4 is 10.1 Å². The smallest absolute Gasteiger partial charge is 0.226 e. The number of nitriles is 1. The predicted octanol–water partition coefficient (Wildman–Crippen LogP) is 5.63. The highest BCUT2D eigenvalue weighted by atomic mass is 79.9. The van der Waals surface area contributed by atoms with Gasteiger partial charge in [0.2, 0.25) is 11.8 Å². The maximum absolute atomic E-state index is 12.1. The average molecular weight is 433 g/mol. The first-order valence-electron chi connectivity index (χ1n) is 8.86. The third kappa shape index (κ3) is 5.36. The van der Waals surface area contributed by atoms with Gasteiger partial charge >= 0.3 is 0 Å². The summed E-state index contributed by atoms with van der Waals surface area (Å²) in [6.07, 6.45) is 0.835. The van der Waals surface area contributed by atoms with Crippen LogP contribution in [0.5, 0.6) is 5.75 Å². The first kappa shape index (κ1) is 21.0. The van der Waals surface area contributed by atoms with E-state index in [0.29, 0.717) is 24.4 Å². The van der Waals surface area contributed by atoms with E-state index in [2.05, 4.69) is 60.2 Å². The minimum Gasteiger partial charge on any atom is -0.492 e. The van der Waals surface area contributed by atoms with Crippen molar-refractivity contribution in [3.05, 3.63) is 45.1 Å². The molecule has 1 heterocycles. The zero-order valence-corrected chi connectivity index (χ0v) is 18.0. The predicted molar refractivity (Wildman–Crippen MR) is 109 cm³/mol. The molecule has 144 valence electrons. The van der Waals surface area contributed by atoms with Crippen molar-refractivity contribution < 1.29 is 13.9 Å². The summed E-state index contributed by atoms with van der Waals surface area (Å²) in [5.41, 5.74) is 2.42. The minimum absolute atomic E-state index is 0.0734. The highest BCUT2D eigenvalue weighted by Crippen LogP contribution is 2.31. The number of nitrogens with one attached hydrogen (secondary N) is 1. The number of rotatable bonds is 6. The molecule has 0 aliphatic carbocycles. The fraction of sp³-hybridized carbons (Fsp3) is 0.429. The average Bonchev–Trinajstić information content (AvgIpc) is 2.85. The van der Waals surface area contributed by atoms with Gasteiger partial charge in [-0.3, -0.25) is 10.1 Å². The quantitative estimate of drug-likeness (QED) is 0.600. The maximum Gasteiger partial charge on any atom is 0.226 e. The number of aryl methyl sites for hydroxylation is 1. The van der Waals surface area contributed by atoms with Gasteiger partial charge < -0.3 is 9.15 Å². The summed E-state index contributed by atoms with van der Waals surface area (Å²) in [5, 5.41) is 11.8. The molecule has 2 aromatic rings. The lowest BCUT2D eigenvalue weighted by Gasteiger charge is -2.20. The van der Waals surface area contributed by atoms with E-state index in [9.17, 15) is 10.1 Å². The number of benzene rings is 1. The molecule has 0 saturated carbocycles. The van der Waals surface area contributed by atoms with Gasteiger partial charge in [-0.1, -0.05) is 26.8 Å². The summed E-state index contributed by atoms with van der Waals surface area (Å²) in [6, 6.07) is 8.12. The van der Waals surface area contributed by atoms with Gasteiger partial charge in [0.05, 0.1) is 11.1 Å². The van der Waals surface area contributed by atoms with Crippen LogP contribution in [0.4, 0.5) is 5.88 Å². The van der Waals surface area contributed by atoms with E-state index >= 15 is 0 Å². The summed E-state index contributed by atoms with van der Waals surface area (Å²) in [7, 11) is 0. The van der Waals surface area contributed by atoms with Crippen molar-refractivity contribution in [2.75, 3.05) is 11.9 Å². The molecule has 27 heavy (non-hydrogen) atoms. The second-order valence-electron chi connectivity index (χ2n) is 7.49. The number of ether oxygens (including phenoxy) is 1. The summed E-state index contributed by atoms with van der Waals surface area (Å²) >= 11 is 3.54. The Labute approximate surface area is 168 Å². The van der Waals surface area contributed by atoms with E-state index in [1.807, 2.05) is 6.07 Å². The van der Waals surface area contributed by atoms with Crippen molar-refractivity contribution in [2.45, 2.75) is 52.9 Å². The topological polar surface area (TPSA) is 75.3 Å². The molecule has 6 heteroatoms. The summed E-state index contributed by atoms with van der Waals surface area (Å²) in [6.45, 7) is 10.5. The number of anilines is 1. The molecule has 0 fully saturated rings. The first-order chi connectivity index (χ1) is 12.6. The minimum atomic E-state index is -0.203. The maximum atomic E-state index is 12.1. The van der Waals surface area contributed by atoms with E-state index in [-0.39, 0.29) is 23.6 Å². The third-order valence-electron chi connectivity index (χ3n) is 4.35. The zero-order chi connectivity index (χ0) is 20.2. The van der Waals surface area contributed by atoms with Gasteiger partial charge in [-0.25, -0.2) is 0 Å². The fourth-order valence-electron chi connectivity index (χ4n) is 2.54. The molecule has 0 aliphatic heterocycles. The molecular formula is C21H25BrN2O3. The van der Waals surface area contributed by atoms with E-state index in [0.717, 1.165) is 15.8 Å². The number of hydrogen-bond donors (Lipinski definition) is 1. The Morgan fingerprint density at radius 1 is 1.33 bits per heavy atom. The molecule has 0 aliphatic rings. The number of amides is 1. The molecule has 0 bridgehead atoms. The van der Waals surface area contributed by atoms with Crippen LogP contribution in [0.25, 0.3) is 0 Å². The summed E-state index contributed by atoms with van der Waals surface area (Å²) < 4.78 is 12.1. The monoisotopic (exact) mass is 432 g/mol. The summed E-state index contributed by atoms with van der Waals surface area (Å²) in [5.74, 6) is 1.41. The van der Waals surface area contributed by atoms with Crippen LogP contribution in [0.1, 0.15) is 56.1 Å². The van der Waals surface area contributed by atoms with Crippen molar-refractivity contribution in [3.63, 3.8) is 0 Å². The standard InChI is InChI=1S/C21H25BrN2O3/c1-13-14(2)27-20(16(13)12-23)24-19(25)7-6-10-26-18-9-8-15(11-17(18)22)21(3,4)5/h8-9,11H,6-7,10H2,1-5H3,(H,24,25). The summed E-state index contributed by atoms with van der Waals surface area (Å²) in [4.78, 5) is 12.1. The molecule has 0 atom stereocenters. The van der Waals surface area contributed by atoms with Crippen LogP contribution in [-0.2, 0) is 10.2 Å². The number of carbonyl (C=O) groups excluding carboxylic acids is 1. The molecule has 2 rings (SSSR count). The Bertz CT molecular complexity index is 873. The molecule has 1 aromatic heterocycles. The largest absolute Gasteiger partial charge is 0.492 e. The third-order valence-corrected chi connectivity index (χ3v) is 4.97. The number of hydrogen-bond acceptors (Lipinski definition) is 4. The first-order valence-corrected chi connectivity index (χ1v) is 9.65. The number of nitrogens with zero attached hydrogens (tertiary/aromatic N) is 1. The van der Waals surface area contributed by atoms with Gasteiger partial charge in [0, 0.05) is 12.0 Å². The van der Waals surface area contributed by atoms with Crippen LogP contribution in [0.15, 0.2) is 27.1 Å². The molecule has 1 amide bonds. The molecule has 5 nitrogen and oxygen atoms in total. The van der Waals surface area contributed by atoms with Crippen molar-refractivity contribution >= 4 is 27.7 Å². The van der Waals surface area contributed by atoms with E-state index in [1.54, 1.807) is 13.8 Å². The molecule has 0 unspecified atom stereocenters. The highest BCUT2D eigenvalue weighted by Gasteiger charge is 2.17. The Hall–Kier alpha value is -2.26. The van der Waals surface area contributed by atoms with E-state index in [4.69, 9.17) is 9.15 Å². The number of halogens is 1. The van der Waals surface area contributed by atoms with Crippen molar-refractivity contribution in [1.29, 1.82) is 5.26 Å². The molecule has 1 aromatic carbocycles. The van der Waals surface area contributed by atoms with Gasteiger partial charge in [-0.2, -0.15) is 5.26 Å². The second kappa shape index (κ2) is 8.62. The highest BCUT2D eigenvalue weighted by molar-refractivity contribution is 9.10. The van der Waals surface area contributed by atoms with E-state index in [1.165, 1.54) is 5.56 Å². The SMILES string of the molecule is Cc1oc(NC(=O)CCCOc2ccc(C(C)(C)C)cc2Br)c(C#N)c1C. The molecule has 0 spiro atoms. The Morgan fingerprint density at radius 3 is 2.63 bits per heavy atom. The molecule has 1 N–H and O–H groups in total. The van der Waals surface area contributed by atoms with Crippen molar-refractivity contribution in [2.24, 2.45) is 0 Å². The lowest BCUT2D eigenvalue weighted by atomic mass is 9.87. The van der Waals surface area contributed by atoms with Crippen LogP contribution in [0, 0.1) is 25.2 Å². The lowest BCUT2D eigenvalue weighted by molar-refractivity contribution is -0.116. The van der Waals surface area contributed by atoms with Gasteiger partial charge in [0.1, 0.15) is 23.1 Å². The zero-order valence-electron chi connectivity index (χ0n) is 16.4. The number of carbonyl (C=O) groups is 1. The van der Waals surface area contributed by atoms with Gasteiger partial charge in [0.15, 0.2) is 0 Å². The van der Waals surface area contributed by atoms with Crippen LogP contribution >= 0.6 is 15.9 Å². The van der Waals surface area contributed by atoms with Crippen LogP contribution in [-0.4, -0.2) is 12.5 Å². The van der Waals surface area contributed by atoms with Crippen molar-refractivity contribution in [1.82, 2.24) is 0 Å².